The van der Waals surface area contributed by atoms with Crippen LogP contribution in [0.25, 0.3) is 5.65 Å². The zero-order valence-corrected chi connectivity index (χ0v) is 17.9. The minimum Gasteiger partial charge on any atom is -0.438 e. The summed E-state index contributed by atoms with van der Waals surface area (Å²) < 4.78 is 40.8. The molecule has 2 aromatic rings. The molecule has 0 spiro atoms. The number of nitrogens with one attached hydrogen (secondary N) is 3. The van der Waals surface area contributed by atoms with E-state index in [0.717, 1.165) is 0 Å². The van der Waals surface area contributed by atoms with Crippen LogP contribution >= 0.6 is 0 Å². The molecule has 0 saturated carbocycles. The first-order valence-electron chi connectivity index (χ1n) is 10.2. The normalized spacial score (nSPS) is 23.2. The summed E-state index contributed by atoms with van der Waals surface area (Å²) in [6.07, 6.45) is 0.304. The Bertz CT molecular complexity index is 1080. The lowest BCUT2D eigenvalue weighted by Gasteiger charge is -2.24. The van der Waals surface area contributed by atoms with Crippen LogP contribution in [0.2, 0.25) is 0 Å². The van der Waals surface area contributed by atoms with Crippen LogP contribution in [-0.4, -0.2) is 84.0 Å². The Labute approximate surface area is 186 Å². The number of nitrogens with zero attached hydrogens (tertiary/aromatic N) is 4. The van der Waals surface area contributed by atoms with E-state index in [2.05, 4.69) is 26.0 Å². The van der Waals surface area contributed by atoms with E-state index in [1.165, 1.54) is 35.0 Å². The van der Waals surface area contributed by atoms with E-state index in [0.29, 0.717) is 11.3 Å². The van der Waals surface area contributed by atoms with Crippen molar-refractivity contribution in [1.29, 1.82) is 0 Å². The van der Waals surface area contributed by atoms with Crippen molar-refractivity contribution in [1.82, 2.24) is 30.5 Å². The summed E-state index contributed by atoms with van der Waals surface area (Å²) in [5.41, 5.74) is 0.870. The Morgan fingerprint density at radius 2 is 2.21 bits per heavy atom. The number of imide groups is 1. The number of methoxy groups -OCH3 is 1. The van der Waals surface area contributed by atoms with Gasteiger partial charge in [-0.2, -0.15) is 5.10 Å². The minimum atomic E-state index is -3.33. The molecule has 178 valence electrons. The number of aromatic nitrogens is 3. The molecule has 12 nitrogen and oxygen atoms in total. The number of imidazole rings is 1. The number of anilines is 1. The summed E-state index contributed by atoms with van der Waals surface area (Å²) in [6.45, 7) is 0.853. The highest BCUT2D eigenvalue weighted by Crippen LogP contribution is 2.35. The molecule has 2 saturated heterocycles. The molecule has 0 radical (unpaired) electrons. The third-order valence-electron chi connectivity index (χ3n) is 5.37. The summed E-state index contributed by atoms with van der Waals surface area (Å²) in [6, 6.07) is 0.462. The van der Waals surface area contributed by atoms with Crippen LogP contribution in [0.4, 0.5) is 24.1 Å². The molecule has 3 N–H and O–H groups in total. The van der Waals surface area contributed by atoms with Crippen LogP contribution in [0.5, 0.6) is 0 Å². The number of hydrogen-bond acceptors (Lipinski definition) is 8. The van der Waals surface area contributed by atoms with Gasteiger partial charge in [0.15, 0.2) is 11.8 Å². The fourth-order valence-corrected chi connectivity index (χ4v) is 3.81. The lowest BCUT2D eigenvalue weighted by Crippen LogP contribution is -2.51. The minimum absolute atomic E-state index is 0.0129. The highest BCUT2D eigenvalue weighted by Gasteiger charge is 2.51. The Kier molecular flexibility index (Phi) is 6.01. The van der Waals surface area contributed by atoms with Gasteiger partial charge in [-0.1, -0.05) is 0 Å². The highest BCUT2D eigenvalue weighted by molar-refractivity contribution is 6.00. The average molecular weight is 467 g/mol. The summed E-state index contributed by atoms with van der Waals surface area (Å²) in [7, 11) is 1.46. The summed E-state index contributed by atoms with van der Waals surface area (Å²) in [4.78, 5) is 41.2. The fourth-order valence-electron chi connectivity index (χ4n) is 3.81. The standard InChI is InChI=1S/C19H23F2N7O5/c1-10(8-32-2)24-18(31)33-14-7-27(9-19(14,20)21)13-5-12(26-28-4-3-22-15(13)28)11-6-23-17(30)25-16(11)29/h3-5,10-11,14H,6-9H2,1-2H3,(H,24,31)(H2,23,25,29,30)/t10-,11?,14+/m1/s1. The van der Waals surface area contributed by atoms with E-state index < -0.39 is 48.6 Å². The molecule has 33 heavy (non-hydrogen) atoms. The summed E-state index contributed by atoms with van der Waals surface area (Å²) in [5, 5.41) is 11.5. The lowest BCUT2D eigenvalue weighted by atomic mass is 10.0. The summed E-state index contributed by atoms with van der Waals surface area (Å²) in [5.74, 6) is -4.69. The van der Waals surface area contributed by atoms with Crippen molar-refractivity contribution >= 4 is 29.4 Å². The molecule has 4 rings (SSSR count). The zero-order valence-electron chi connectivity index (χ0n) is 17.9. The van der Waals surface area contributed by atoms with Crippen LogP contribution in [0.15, 0.2) is 18.5 Å². The van der Waals surface area contributed by atoms with E-state index in [4.69, 9.17) is 9.47 Å². The molecule has 14 heteroatoms. The van der Waals surface area contributed by atoms with Crippen molar-refractivity contribution in [3.8, 4) is 0 Å². The predicted octanol–water partition coefficient (Wildman–Crippen LogP) is 0.237. The van der Waals surface area contributed by atoms with Gasteiger partial charge in [-0.05, 0) is 13.0 Å². The topological polar surface area (TPSA) is 139 Å². The largest absolute Gasteiger partial charge is 0.438 e. The van der Waals surface area contributed by atoms with Gasteiger partial charge in [-0.3, -0.25) is 10.1 Å². The van der Waals surface area contributed by atoms with Crippen LogP contribution < -0.4 is 20.9 Å². The van der Waals surface area contributed by atoms with Gasteiger partial charge in [-0.25, -0.2) is 27.9 Å². The maximum Gasteiger partial charge on any atom is 0.407 e. The van der Waals surface area contributed by atoms with Crippen LogP contribution in [-0.2, 0) is 14.3 Å². The number of ether oxygens (including phenoxy) is 2. The van der Waals surface area contributed by atoms with E-state index >= 15 is 0 Å². The van der Waals surface area contributed by atoms with Crippen molar-refractivity contribution in [3.63, 3.8) is 0 Å². The third kappa shape index (κ3) is 4.65. The van der Waals surface area contributed by atoms with Crippen molar-refractivity contribution in [3.05, 3.63) is 24.2 Å². The lowest BCUT2D eigenvalue weighted by molar-refractivity contribution is -0.122. The average Bonchev–Trinajstić information content (AvgIpc) is 3.31. The Balaban J connectivity index is 1.57. The first-order chi connectivity index (χ1) is 15.7. The van der Waals surface area contributed by atoms with Gasteiger partial charge in [0, 0.05) is 26.0 Å². The van der Waals surface area contributed by atoms with Crippen LogP contribution in [0, 0.1) is 0 Å². The van der Waals surface area contributed by atoms with Crippen molar-refractivity contribution in [2.75, 3.05) is 38.3 Å². The second-order valence-electron chi connectivity index (χ2n) is 7.94. The molecule has 0 bridgehead atoms. The SMILES string of the molecule is COC[C@@H](C)NC(=O)O[C@H]1CN(c2cc(C3CNC(=O)NC3=O)nn3ccnc23)CC1(F)F. The van der Waals surface area contributed by atoms with Crippen LogP contribution in [0.1, 0.15) is 18.5 Å². The first kappa shape index (κ1) is 22.6. The van der Waals surface area contributed by atoms with E-state index in [-0.39, 0.29) is 25.4 Å². The highest BCUT2D eigenvalue weighted by atomic mass is 19.3. The maximum atomic E-state index is 14.8. The van der Waals surface area contributed by atoms with E-state index in [1.54, 1.807) is 6.92 Å². The third-order valence-corrected chi connectivity index (χ3v) is 5.37. The van der Waals surface area contributed by atoms with Crippen molar-refractivity contribution in [2.45, 2.75) is 30.9 Å². The van der Waals surface area contributed by atoms with E-state index in [1.807, 2.05) is 0 Å². The first-order valence-corrected chi connectivity index (χ1v) is 10.2. The second kappa shape index (κ2) is 8.77. The van der Waals surface area contributed by atoms with Gasteiger partial charge in [-0.15, -0.1) is 0 Å². The smallest absolute Gasteiger partial charge is 0.407 e. The van der Waals surface area contributed by atoms with Gasteiger partial charge in [0.2, 0.25) is 5.91 Å². The van der Waals surface area contributed by atoms with Gasteiger partial charge < -0.3 is 25.0 Å². The quantitative estimate of drug-likeness (QED) is 0.549. The molecule has 0 aliphatic carbocycles. The molecule has 2 aliphatic rings. The molecule has 2 aliphatic heterocycles. The second-order valence-corrected chi connectivity index (χ2v) is 7.94. The predicted molar refractivity (Wildman–Crippen MR) is 109 cm³/mol. The zero-order chi connectivity index (χ0) is 23.8. The number of carbonyl (C=O) groups excluding carboxylic acids is 3. The molecular weight excluding hydrogens is 444 g/mol. The number of alkyl carbamates (subject to hydrolysis) is 1. The monoisotopic (exact) mass is 467 g/mol. The number of urea groups is 1. The fraction of sp³-hybridized carbons (Fsp3) is 0.526. The molecule has 4 heterocycles. The molecule has 4 amide bonds. The number of rotatable bonds is 6. The van der Waals surface area contributed by atoms with Gasteiger partial charge in [0.1, 0.15) is 0 Å². The van der Waals surface area contributed by atoms with Crippen molar-refractivity contribution < 1.29 is 32.6 Å². The van der Waals surface area contributed by atoms with Gasteiger partial charge in [0.25, 0.3) is 0 Å². The molecule has 2 aromatic heterocycles. The van der Waals surface area contributed by atoms with Gasteiger partial charge in [0.05, 0.1) is 43.0 Å². The molecule has 1 unspecified atom stereocenters. The number of amides is 4. The molecule has 3 atom stereocenters. The van der Waals surface area contributed by atoms with Crippen LogP contribution in [0.3, 0.4) is 0 Å². The number of fused-ring (bicyclic) bond motifs is 1. The van der Waals surface area contributed by atoms with Gasteiger partial charge >= 0.3 is 18.0 Å². The molecular formula is C19H23F2N7O5. The Morgan fingerprint density at radius 1 is 1.42 bits per heavy atom. The number of hydrogen-bond donors (Lipinski definition) is 3. The summed E-state index contributed by atoms with van der Waals surface area (Å²) >= 11 is 0. The molecule has 2 fully saturated rings. The number of carbonyl (C=O) groups is 3. The Morgan fingerprint density at radius 3 is 2.94 bits per heavy atom. The van der Waals surface area contributed by atoms with E-state index in [9.17, 15) is 23.2 Å². The maximum absolute atomic E-state index is 14.8. The molecule has 0 aromatic carbocycles. The number of halogens is 2. The number of alkyl halides is 2. The van der Waals surface area contributed by atoms with Crippen molar-refractivity contribution in [2.24, 2.45) is 0 Å². The Hall–Kier alpha value is -3.55.